The number of alkyl halides is 3. The number of nitrogens with two attached hydrogens (primary N) is 1. The van der Waals surface area contributed by atoms with Gasteiger partial charge in [-0.15, -0.1) is 0 Å². The van der Waals surface area contributed by atoms with Crippen LogP contribution in [0.5, 0.6) is 0 Å². The molecule has 0 aliphatic rings. The minimum Gasteiger partial charge on any atom is -0.383 e. The Hall–Kier alpha value is -2.71. The molecule has 3 rings (SSSR count). The van der Waals surface area contributed by atoms with E-state index in [4.69, 9.17) is 10.3 Å². The van der Waals surface area contributed by atoms with E-state index < -0.39 is 22.8 Å². The summed E-state index contributed by atoms with van der Waals surface area (Å²) < 4.78 is 58.0. The molecule has 1 atom stereocenters. The first-order valence-corrected chi connectivity index (χ1v) is 9.11. The summed E-state index contributed by atoms with van der Waals surface area (Å²) in [4.78, 5) is 4.14. The topological polar surface area (TPSA) is 76.2 Å². The van der Waals surface area contributed by atoms with E-state index in [0.717, 1.165) is 23.3 Å². The lowest BCUT2D eigenvalue weighted by molar-refractivity contribution is -0.137. The number of benzene rings is 2. The molecule has 3 aromatic rings. The minimum absolute atomic E-state index is 0.0388. The summed E-state index contributed by atoms with van der Waals surface area (Å²) in [5.41, 5.74) is 8.49. The second-order valence-electron chi connectivity index (χ2n) is 5.89. The molecule has 0 saturated heterocycles. The highest BCUT2D eigenvalue weighted by atomic mass is 32.2. The summed E-state index contributed by atoms with van der Waals surface area (Å²) in [7, 11) is 0. The van der Waals surface area contributed by atoms with E-state index >= 15 is 0 Å². The highest BCUT2D eigenvalue weighted by Gasteiger charge is 2.30. The molecule has 3 N–H and O–H groups in total. The maximum atomic E-state index is 12.7. The molecular formula is C19H15F3N2O2S. The van der Waals surface area contributed by atoms with Crippen LogP contribution in [0, 0.1) is 0 Å². The fraction of sp³-hybridized carbons (Fsp3) is 0.105. The molecule has 0 saturated carbocycles. The zero-order valence-electron chi connectivity index (χ0n) is 13.9. The lowest BCUT2D eigenvalue weighted by atomic mass is 9.99. The highest BCUT2D eigenvalue weighted by Crippen LogP contribution is 2.33. The lowest BCUT2D eigenvalue weighted by Crippen LogP contribution is -2.04. The van der Waals surface area contributed by atoms with Crippen molar-refractivity contribution >= 4 is 16.9 Å². The van der Waals surface area contributed by atoms with Crippen molar-refractivity contribution < 1.29 is 21.9 Å². The van der Waals surface area contributed by atoms with Crippen molar-refractivity contribution in [2.24, 2.45) is 0 Å². The molecule has 1 heterocycles. The van der Waals surface area contributed by atoms with Gasteiger partial charge in [0.1, 0.15) is 5.82 Å². The Balaban J connectivity index is 1.94. The zero-order valence-corrected chi connectivity index (χ0v) is 14.7. The number of hydrogen-bond acceptors (Lipinski definition) is 3. The van der Waals surface area contributed by atoms with Gasteiger partial charge in [-0.2, -0.15) is 13.2 Å². The Bertz CT molecular complexity index is 972. The van der Waals surface area contributed by atoms with Gasteiger partial charge in [-0.25, -0.2) is 9.19 Å². The van der Waals surface area contributed by atoms with Crippen molar-refractivity contribution in [2.45, 2.75) is 11.9 Å². The largest absolute Gasteiger partial charge is 0.416 e. The predicted octanol–water partition coefficient (Wildman–Crippen LogP) is 4.74. The van der Waals surface area contributed by atoms with E-state index in [0.29, 0.717) is 16.7 Å². The molecule has 0 radical (unpaired) electrons. The van der Waals surface area contributed by atoms with E-state index in [1.807, 2.05) is 0 Å². The number of pyridine rings is 1. The molecule has 0 aliphatic carbocycles. The molecule has 0 amide bonds. The average molecular weight is 392 g/mol. The summed E-state index contributed by atoms with van der Waals surface area (Å²) in [5, 5.41) is 0. The molecular weight excluding hydrogens is 377 g/mol. The summed E-state index contributed by atoms with van der Waals surface area (Å²) in [5.74, 6) is 0.252. The predicted molar refractivity (Wildman–Crippen MR) is 99.0 cm³/mol. The molecule has 1 aromatic heterocycles. The first kappa shape index (κ1) is 19.1. The number of nitrogens with zero attached hydrogens (tertiary/aromatic N) is 1. The van der Waals surface area contributed by atoms with Crippen LogP contribution in [-0.4, -0.2) is 13.7 Å². The molecule has 2 aromatic carbocycles. The first-order valence-electron chi connectivity index (χ1n) is 7.84. The van der Waals surface area contributed by atoms with Crippen LogP contribution in [0.15, 0.2) is 60.8 Å². The van der Waals surface area contributed by atoms with Gasteiger partial charge in [0.25, 0.3) is 0 Å². The third-order valence-electron chi connectivity index (χ3n) is 4.02. The lowest BCUT2D eigenvalue weighted by Gasteiger charge is -2.11. The van der Waals surface area contributed by atoms with Crippen LogP contribution in [-0.2, 0) is 23.0 Å². The Labute approximate surface area is 156 Å². The maximum Gasteiger partial charge on any atom is 0.416 e. The molecule has 0 spiro atoms. The smallest absolute Gasteiger partial charge is 0.383 e. The van der Waals surface area contributed by atoms with Gasteiger partial charge in [-0.05, 0) is 34.9 Å². The fourth-order valence-electron chi connectivity index (χ4n) is 2.64. The van der Waals surface area contributed by atoms with Gasteiger partial charge >= 0.3 is 6.18 Å². The fourth-order valence-corrected chi connectivity index (χ4v) is 3.12. The number of nitrogen functional groups attached to an aromatic ring is 1. The van der Waals surface area contributed by atoms with E-state index in [1.54, 1.807) is 36.5 Å². The van der Waals surface area contributed by atoms with Crippen LogP contribution in [0.4, 0.5) is 19.0 Å². The zero-order chi connectivity index (χ0) is 19.6. The number of hydrogen-bond donors (Lipinski definition) is 2. The van der Waals surface area contributed by atoms with Crippen molar-refractivity contribution in [3.05, 3.63) is 71.9 Å². The molecule has 27 heavy (non-hydrogen) atoms. The highest BCUT2D eigenvalue weighted by molar-refractivity contribution is 7.78. The number of anilines is 1. The molecule has 1 unspecified atom stereocenters. The van der Waals surface area contributed by atoms with Crippen molar-refractivity contribution in [3.8, 4) is 22.3 Å². The molecule has 0 aliphatic heterocycles. The van der Waals surface area contributed by atoms with Gasteiger partial charge < -0.3 is 10.3 Å². The second-order valence-corrected chi connectivity index (χ2v) is 6.83. The normalized spacial score (nSPS) is 12.7. The standard InChI is InChI=1S/C19H15F3N2O2S/c20-19(21,22)16-7-5-14(6-8-16)17-9-15(10-24-18(17)23)13-3-1-12(2-4-13)11-27(25)26/h1-10H,11H2,(H2,23,24)(H,25,26). The summed E-state index contributed by atoms with van der Waals surface area (Å²) in [6, 6.07) is 13.5. The van der Waals surface area contributed by atoms with E-state index in [1.165, 1.54) is 12.1 Å². The summed E-state index contributed by atoms with van der Waals surface area (Å²) in [6.45, 7) is 0. The Morgan fingerprint density at radius 2 is 1.56 bits per heavy atom. The van der Waals surface area contributed by atoms with Crippen LogP contribution in [0.1, 0.15) is 11.1 Å². The second kappa shape index (κ2) is 7.50. The van der Waals surface area contributed by atoms with E-state index in [2.05, 4.69) is 4.98 Å². The monoisotopic (exact) mass is 392 g/mol. The molecule has 0 bridgehead atoms. The third-order valence-corrected chi connectivity index (χ3v) is 4.60. The summed E-state index contributed by atoms with van der Waals surface area (Å²) >= 11 is -1.92. The quantitative estimate of drug-likeness (QED) is 0.629. The van der Waals surface area contributed by atoms with Crippen molar-refractivity contribution in [3.63, 3.8) is 0 Å². The minimum atomic E-state index is -4.40. The van der Waals surface area contributed by atoms with Crippen molar-refractivity contribution in [1.82, 2.24) is 4.98 Å². The van der Waals surface area contributed by atoms with Gasteiger partial charge in [0.15, 0.2) is 11.1 Å². The number of rotatable bonds is 4. The van der Waals surface area contributed by atoms with Crippen LogP contribution in [0.25, 0.3) is 22.3 Å². The van der Waals surface area contributed by atoms with Gasteiger partial charge in [0, 0.05) is 17.3 Å². The Kier molecular flexibility index (Phi) is 5.29. The SMILES string of the molecule is Nc1ncc(-c2ccc(CS(=O)O)cc2)cc1-c1ccc(C(F)(F)F)cc1. The van der Waals surface area contributed by atoms with E-state index in [-0.39, 0.29) is 11.6 Å². The molecule has 0 fully saturated rings. The summed E-state index contributed by atoms with van der Waals surface area (Å²) in [6.07, 6.45) is -2.83. The molecule has 8 heteroatoms. The van der Waals surface area contributed by atoms with Crippen LogP contribution >= 0.6 is 0 Å². The van der Waals surface area contributed by atoms with Gasteiger partial charge in [0.05, 0.1) is 11.3 Å². The Morgan fingerprint density at radius 1 is 0.963 bits per heavy atom. The van der Waals surface area contributed by atoms with Crippen LogP contribution in [0.3, 0.4) is 0 Å². The third kappa shape index (κ3) is 4.53. The van der Waals surface area contributed by atoms with Crippen molar-refractivity contribution in [2.75, 3.05) is 5.73 Å². The average Bonchev–Trinajstić information content (AvgIpc) is 2.62. The van der Waals surface area contributed by atoms with E-state index in [9.17, 15) is 17.4 Å². The number of aromatic nitrogens is 1. The Morgan fingerprint density at radius 3 is 2.11 bits per heavy atom. The van der Waals surface area contributed by atoms with Gasteiger partial charge in [0.2, 0.25) is 0 Å². The number of halogens is 3. The molecule has 140 valence electrons. The van der Waals surface area contributed by atoms with Crippen molar-refractivity contribution in [1.29, 1.82) is 0 Å². The van der Waals surface area contributed by atoms with Crippen LogP contribution in [0.2, 0.25) is 0 Å². The first-order chi connectivity index (χ1) is 12.7. The molecule has 4 nitrogen and oxygen atoms in total. The van der Waals surface area contributed by atoms with Crippen LogP contribution < -0.4 is 5.73 Å². The van der Waals surface area contributed by atoms with Gasteiger partial charge in [-0.1, -0.05) is 36.4 Å². The maximum absolute atomic E-state index is 12.7. The van der Waals surface area contributed by atoms with Gasteiger partial charge in [-0.3, -0.25) is 0 Å².